The molecule has 0 bridgehead atoms. The predicted molar refractivity (Wildman–Crippen MR) is 139 cm³/mol. The number of rotatable bonds is 8. The minimum absolute atomic E-state index is 0.204. The summed E-state index contributed by atoms with van der Waals surface area (Å²) in [5, 5.41) is 5.08. The number of thiophene rings is 1. The highest BCUT2D eigenvalue weighted by Gasteiger charge is 2.23. The number of anilines is 1. The summed E-state index contributed by atoms with van der Waals surface area (Å²) in [7, 11) is 0. The second-order valence-corrected chi connectivity index (χ2v) is 9.02. The minimum atomic E-state index is -0.474. The molecule has 172 valence electrons. The zero-order chi connectivity index (χ0) is 23.9. The van der Waals surface area contributed by atoms with Crippen molar-refractivity contribution < 1.29 is 19.1 Å². The first-order valence-electron chi connectivity index (χ1n) is 10.7. The van der Waals surface area contributed by atoms with Crippen molar-refractivity contribution in [2.75, 3.05) is 18.5 Å². The first-order chi connectivity index (χ1) is 16.6. The first-order valence-corrected chi connectivity index (χ1v) is 12.4. The summed E-state index contributed by atoms with van der Waals surface area (Å²) in [5.74, 6) is -0.291. The maximum Gasteiger partial charge on any atom is 0.341 e. The normalized spacial score (nSPS) is 10.5. The number of hydrogen-bond acceptors (Lipinski definition) is 5. The molecule has 1 heterocycles. The predicted octanol–water partition coefficient (Wildman–Crippen LogP) is 7.04. The maximum absolute atomic E-state index is 12.7. The Morgan fingerprint density at radius 1 is 0.912 bits per heavy atom. The lowest BCUT2D eigenvalue weighted by molar-refractivity contribution is -0.118. The van der Waals surface area contributed by atoms with Crippen molar-refractivity contribution in [2.24, 2.45) is 0 Å². The lowest BCUT2D eigenvalue weighted by Crippen LogP contribution is -2.21. The van der Waals surface area contributed by atoms with Crippen LogP contribution < -0.4 is 10.1 Å². The van der Waals surface area contributed by atoms with Crippen LogP contribution in [-0.2, 0) is 9.53 Å². The van der Waals surface area contributed by atoms with Crippen molar-refractivity contribution in [3.05, 3.63) is 94.3 Å². The molecule has 0 saturated heterocycles. The van der Waals surface area contributed by atoms with Crippen molar-refractivity contribution in [2.45, 2.75) is 6.92 Å². The first kappa shape index (κ1) is 23.7. The van der Waals surface area contributed by atoms with E-state index in [0.29, 0.717) is 16.3 Å². The van der Waals surface area contributed by atoms with Gasteiger partial charge in [-0.1, -0.05) is 66.7 Å². The third kappa shape index (κ3) is 5.55. The number of esters is 1. The topological polar surface area (TPSA) is 64.6 Å². The molecular formula is C27H22BrNO4S. The van der Waals surface area contributed by atoms with E-state index >= 15 is 0 Å². The maximum atomic E-state index is 12.7. The van der Waals surface area contributed by atoms with Crippen LogP contribution in [0.1, 0.15) is 17.3 Å². The van der Waals surface area contributed by atoms with Gasteiger partial charge in [-0.05, 0) is 51.7 Å². The summed E-state index contributed by atoms with van der Waals surface area (Å²) in [6.07, 6.45) is 0. The lowest BCUT2D eigenvalue weighted by Gasteiger charge is -2.11. The molecule has 34 heavy (non-hydrogen) atoms. The van der Waals surface area contributed by atoms with Crippen LogP contribution in [0.15, 0.2) is 88.7 Å². The lowest BCUT2D eigenvalue weighted by atomic mass is 10.0. The Hall–Kier alpha value is -3.42. The smallest absolute Gasteiger partial charge is 0.341 e. The quantitative estimate of drug-likeness (QED) is 0.246. The summed E-state index contributed by atoms with van der Waals surface area (Å²) >= 11 is 4.80. The van der Waals surface area contributed by atoms with Crippen LogP contribution in [0.5, 0.6) is 5.75 Å². The third-order valence-electron chi connectivity index (χ3n) is 5.01. The van der Waals surface area contributed by atoms with E-state index in [4.69, 9.17) is 9.47 Å². The van der Waals surface area contributed by atoms with Crippen LogP contribution in [0.3, 0.4) is 0 Å². The molecule has 0 aliphatic carbocycles. The van der Waals surface area contributed by atoms with Gasteiger partial charge < -0.3 is 14.8 Å². The molecule has 0 aliphatic heterocycles. The molecule has 0 spiro atoms. The Balaban J connectivity index is 1.47. The summed E-state index contributed by atoms with van der Waals surface area (Å²) in [5.41, 5.74) is 4.07. The van der Waals surface area contributed by atoms with Gasteiger partial charge in [0.1, 0.15) is 16.3 Å². The molecule has 7 heteroatoms. The van der Waals surface area contributed by atoms with Crippen LogP contribution in [-0.4, -0.2) is 25.1 Å². The largest absolute Gasteiger partial charge is 0.483 e. The Morgan fingerprint density at radius 2 is 1.59 bits per heavy atom. The van der Waals surface area contributed by atoms with Crippen molar-refractivity contribution in [1.29, 1.82) is 0 Å². The Bertz CT molecular complexity index is 1290. The fourth-order valence-corrected chi connectivity index (χ4v) is 4.89. The zero-order valence-corrected chi connectivity index (χ0v) is 20.8. The molecule has 0 saturated carbocycles. The van der Waals surface area contributed by atoms with E-state index < -0.39 is 5.97 Å². The molecule has 5 nitrogen and oxygen atoms in total. The molecular weight excluding hydrogens is 514 g/mol. The van der Waals surface area contributed by atoms with E-state index in [1.807, 2.05) is 84.2 Å². The molecule has 1 N–H and O–H groups in total. The van der Waals surface area contributed by atoms with Crippen molar-refractivity contribution >= 4 is 44.1 Å². The number of benzene rings is 3. The van der Waals surface area contributed by atoms with Crippen LogP contribution in [0.25, 0.3) is 22.3 Å². The molecule has 0 aliphatic rings. The van der Waals surface area contributed by atoms with Crippen molar-refractivity contribution in [1.82, 2.24) is 0 Å². The highest BCUT2D eigenvalue weighted by molar-refractivity contribution is 9.10. The van der Waals surface area contributed by atoms with E-state index in [2.05, 4.69) is 21.2 Å². The van der Waals surface area contributed by atoms with E-state index in [9.17, 15) is 9.59 Å². The van der Waals surface area contributed by atoms with Gasteiger partial charge >= 0.3 is 5.97 Å². The number of nitrogens with one attached hydrogen (secondary N) is 1. The highest BCUT2D eigenvalue weighted by atomic mass is 79.9. The average molecular weight is 536 g/mol. The van der Waals surface area contributed by atoms with Gasteiger partial charge in [-0.15, -0.1) is 11.3 Å². The standard InChI is InChI=1S/C27H22BrNO4S/c1-2-32-27(31)25-21(19-11-7-4-8-12-19)17-34-26(25)29-24(30)16-33-23-14-13-20(15-22(23)28)18-9-5-3-6-10-18/h3-15,17H,2,16H2,1H3,(H,29,30). The molecule has 1 amide bonds. The third-order valence-corrected chi connectivity index (χ3v) is 6.52. The van der Waals surface area contributed by atoms with Gasteiger partial charge in [-0.25, -0.2) is 4.79 Å². The van der Waals surface area contributed by atoms with E-state index in [0.717, 1.165) is 26.7 Å². The number of amides is 1. The highest BCUT2D eigenvalue weighted by Crippen LogP contribution is 2.36. The Labute approximate surface area is 210 Å². The second kappa shape index (κ2) is 11.1. The van der Waals surface area contributed by atoms with E-state index in [-0.39, 0.29) is 19.1 Å². The average Bonchev–Trinajstić information content (AvgIpc) is 3.28. The van der Waals surface area contributed by atoms with Gasteiger partial charge in [0.15, 0.2) is 6.61 Å². The molecule has 1 aromatic heterocycles. The van der Waals surface area contributed by atoms with E-state index in [1.165, 1.54) is 11.3 Å². The van der Waals surface area contributed by atoms with Crippen LogP contribution in [0.4, 0.5) is 5.00 Å². The van der Waals surface area contributed by atoms with Crippen molar-refractivity contribution in [3.8, 4) is 28.0 Å². The Morgan fingerprint density at radius 3 is 2.24 bits per heavy atom. The van der Waals surface area contributed by atoms with Gasteiger partial charge in [0.2, 0.25) is 0 Å². The number of ether oxygens (including phenoxy) is 2. The second-order valence-electron chi connectivity index (χ2n) is 7.29. The number of carbonyl (C=O) groups is 2. The summed E-state index contributed by atoms with van der Waals surface area (Å²) in [6.45, 7) is 1.79. The van der Waals surface area contributed by atoms with Gasteiger partial charge in [0, 0.05) is 10.9 Å². The van der Waals surface area contributed by atoms with Crippen LogP contribution in [0.2, 0.25) is 0 Å². The molecule has 4 aromatic rings. The number of halogens is 1. The van der Waals surface area contributed by atoms with Crippen molar-refractivity contribution in [3.63, 3.8) is 0 Å². The molecule has 3 aromatic carbocycles. The summed E-state index contributed by atoms with van der Waals surface area (Å²) in [4.78, 5) is 25.3. The molecule has 4 rings (SSSR count). The fourth-order valence-electron chi connectivity index (χ4n) is 3.42. The molecule has 0 unspecified atom stereocenters. The summed E-state index contributed by atoms with van der Waals surface area (Å²) < 4.78 is 11.7. The summed E-state index contributed by atoms with van der Waals surface area (Å²) in [6, 6.07) is 25.2. The molecule has 0 radical (unpaired) electrons. The van der Waals surface area contributed by atoms with Gasteiger partial charge in [0.05, 0.1) is 11.1 Å². The van der Waals surface area contributed by atoms with Crippen LogP contribution in [0, 0.1) is 0 Å². The zero-order valence-electron chi connectivity index (χ0n) is 18.4. The molecule has 0 atom stereocenters. The molecule has 0 fully saturated rings. The van der Waals surface area contributed by atoms with Gasteiger partial charge in [-0.2, -0.15) is 0 Å². The fraction of sp³-hybridized carbons (Fsp3) is 0.111. The van der Waals surface area contributed by atoms with Gasteiger partial charge in [-0.3, -0.25) is 4.79 Å². The van der Waals surface area contributed by atoms with Crippen LogP contribution >= 0.6 is 27.3 Å². The number of hydrogen-bond donors (Lipinski definition) is 1. The number of carbonyl (C=O) groups excluding carboxylic acids is 2. The van der Waals surface area contributed by atoms with Gasteiger partial charge in [0.25, 0.3) is 5.91 Å². The SMILES string of the molecule is CCOC(=O)c1c(-c2ccccc2)csc1NC(=O)COc1ccc(-c2ccccc2)cc1Br. The Kier molecular flexibility index (Phi) is 7.77. The monoisotopic (exact) mass is 535 g/mol. The van der Waals surface area contributed by atoms with E-state index in [1.54, 1.807) is 6.92 Å². The minimum Gasteiger partial charge on any atom is -0.483 e.